The van der Waals surface area contributed by atoms with Crippen LogP contribution < -0.4 is 0 Å². The molecule has 0 aromatic carbocycles. The minimum absolute atomic E-state index is 0.0957. The Hall–Kier alpha value is 0.394. The van der Waals surface area contributed by atoms with E-state index in [0.717, 1.165) is 0 Å². The Morgan fingerprint density at radius 1 is 1.80 bits per heavy atom. The molecule has 0 rings (SSSR count). The maximum atomic E-state index is 3.31. The van der Waals surface area contributed by atoms with Gasteiger partial charge in [-0.25, -0.2) is 0 Å². The van der Waals surface area contributed by atoms with Crippen molar-refractivity contribution in [2.75, 3.05) is 7.05 Å². The SMILES string of the molecule is C[SiH2]N(C)[Si]. The van der Waals surface area contributed by atoms with Crippen LogP contribution in [0.4, 0.5) is 0 Å². The molecular formula is C2H8NSi2. The Morgan fingerprint density at radius 3 is 2.00 bits per heavy atom. The van der Waals surface area contributed by atoms with E-state index in [0.29, 0.717) is 0 Å². The van der Waals surface area contributed by atoms with Gasteiger partial charge in [0, 0.05) is 0 Å². The number of rotatable bonds is 1. The molecule has 0 aliphatic carbocycles. The van der Waals surface area contributed by atoms with Crippen LogP contribution in [0.15, 0.2) is 0 Å². The Balaban J connectivity index is 2.54. The first kappa shape index (κ1) is 5.39. The monoisotopic (exact) mass is 102 g/mol. The standard InChI is InChI=1S/C2H8NSi2/c1-3(4)5-2/h5H2,1-2H3. The van der Waals surface area contributed by atoms with Crippen molar-refractivity contribution in [1.82, 2.24) is 4.23 Å². The fraction of sp³-hybridized carbons (Fsp3) is 1.00. The van der Waals surface area contributed by atoms with Crippen molar-refractivity contribution in [3.63, 3.8) is 0 Å². The summed E-state index contributed by atoms with van der Waals surface area (Å²) in [5, 5.41) is 0. The quantitative estimate of drug-likeness (QED) is 0.389. The fourth-order valence-corrected chi connectivity index (χ4v) is 0. The van der Waals surface area contributed by atoms with Crippen LogP contribution in [0.1, 0.15) is 0 Å². The second-order valence-corrected chi connectivity index (χ2v) is 3.99. The predicted molar refractivity (Wildman–Crippen MR) is 27.9 cm³/mol. The number of hydrogen-bond acceptors (Lipinski definition) is 1. The second kappa shape index (κ2) is 2.62. The van der Waals surface area contributed by atoms with Gasteiger partial charge in [0.1, 0.15) is 10.4 Å². The molecule has 0 fully saturated rings. The Kier molecular flexibility index (Phi) is 2.83. The number of nitrogens with zero attached hydrogens (tertiary/aromatic N) is 1. The summed E-state index contributed by atoms with van der Waals surface area (Å²) in [4.78, 5) is 0. The van der Waals surface area contributed by atoms with E-state index >= 15 is 0 Å². The summed E-state index contributed by atoms with van der Waals surface area (Å²) in [7, 11) is 5.44. The van der Waals surface area contributed by atoms with E-state index in [2.05, 4.69) is 21.2 Å². The molecule has 5 heavy (non-hydrogen) atoms. The van der Waals surface area contributed by atoms with Crippen molar-refractivity contribution >= 4 is 20.1 Å². The van der Waals surface area contributed by atoms with E-state index in [-0.39, 0.29) is 9.68 Å². The average molecular weight is 102 g/mol. The summed E-state index contributed by atoms with van der Waals surface area (Å²) in [6.45, 7) is 2.22. The van der Waals surface area contributed by atoms with Crippen LogP contribution in [0.2, 0.25) is 6.55 Å². The summed E-state index contributed by atoms with van der Waals surface area (Å²) in [6, 6.07) is 0. The lowest BCUT2D eigenvalue weighted by Gasteiger charge is -1.98. The maximum absolute atomic E-state index is 3.31. The molecule has 0 atom stereocenters. The zero-order valence-corrected chi connectivity index (χ0v) is 6.07. The van der Waals surface area contributed by atoms with Gasteiger partial charge in [-0.3, -0.25) is 0 Å². The van der Waals surface area contributed by atoms with Crippen molar-refractivity contribution in [3.8, 4) is 0 Å². The Morgan fingerprint density at radius 2 is 2.00 bits per heavy atom. The van der Waals surface area contributed by atoms with Gasteiger partial charge in [-0.2, -0.15) is 0 Å². The van der Waals surface area contributed by atoms with Crippen LogP contribution >= 0.6 is 0 Å². The smallest absolute Gasteiger partial charge is 0.134 e. The highest BCUT2D eigenvalue weighted by Gasteiger charge is 1.74. The molecule has 0 saturated heterocycles. The highest BCUT2D eigenvalue weighted by molar-refractivity contribution is 6.39. The van der Waals surface area contributed by atoms with Gasteiger partial charge in [-0.15, -0.1) is 0 Å². The summed E-state index contributed by atoms with van der Waals surface area (Å²) < 4.78 is 2.07. The van der Waals surface area contributed by atoms with Crippen molar-refractivity contribution in [2.24, 2.45) is 0 Å². The van der Waals surface area contributed by atoms with Crippen LogP contribution in [-0.2, 0) is 0 Å². The predicted octanol–water partition coefficient (Wildman–Crippen LogP) is -0.866. The highest BCUT2D eigenvalue weighted by atomic mass is 28.3. The molecule has 0 amide bonds. The zero-order valence-electron chi connectivity index (χ0n) is 3.65. The van der Waals surface area contributed by atoms with E-state index in [1.807, 2.05) is 7.05 Å². The molecule has 0 saturated carbocycles. The molecule has 0 aliphatic heterocycles. The van der Waals surface area contributed by atoms with Gasteiger partial charge in [0.15, 0.2) is 0 Å². The van der Waals surface area contributed by atoms with Crippen LogP contribution in [0.3, 0.4) is 0 Å². The first-order valence-corrected chi connectivity index (χ1v) is 4.19. The average Bonchev–Trinajstić information content (AvgIpc) is 1.38. The van der Waals surface area contributed by atoms with Gasteiger partial charge in [0.2, 0.25) is 0 Å². The van der Waals surface area contributed by atoms with E-state index < -0.39 is 0 Å². The largest absolute Gasteiger partial charge is 0.357 e. The minimum atomic E-state index is 0.0957. The Bertz CT molecular complexity index is 21.6. The molecule has 0 aliphatic rings. The van der Waals surface area contributed by atoms with E-state index in [4.69, 9.17) is 0 Å². The van der Waals surface area contributed by atoms with Gasteiger partial charge < -0.3 is 4.23 Å². The molecule has 0 spiro atoms. The third-order valence-electron chi connectivity index (χ3n) is 0.474. The van der Waals surface area contributed by atoms with Gasteiger partial charge in [-0.1, -0.05) is 6.55 Å². The molecule has 0 aromatic rings. The van der Waals surface area contributed by atoms with Crippen LogP contribution in [0.5, 0.6) is 0 Å². The maximum Gasteiger partial charge on any atom is 0.134 e. The molecule has 3 radical (unpaired) electrons. The molecule has 0 bridgehead atoms. The molecule has 0 unspecified atom stereocenters. The third-order valence-corrected chi connectivity index (χ3v) is 2.37. The molecule has 0 heterocycles. The van der Waals surface area contributed by atoms with Crippen molar-refractivity contribution in [1.29, 1.82) is 0 Å². The lowest BCUT2D eigenvalue weighted by molar-refractivity contribution is 0.872. The Labute approximate surface area is 38.8 Å². The van der Waals surface area contributed by atoms with Crippen molar-refractivity contribution in [3.05, 3.63) is 0 Å². The van der Waals surface area contributed by atoms with E-state index in [9.17, 15) is 0 Å². The second-order valence-electron chi connectivity index (χ2n) is 1.01. The lowest BCUT2D eigenvalue weighted by atomic mass is 11.6. The van der Waals surface area contributed by atoms with Crippen LogP contribution in [0, 0.1) is 0 Å². The van der Waals surface area contributed by atoms with Gasteiger partial charge >= 0.3 is 0 Å². The van der Waals surface area contributed by atoms with Gasteiger partial charge in [0.05, 0.1) is 9.68 Å². The fourth-order valence-electron chi connectivity index (χ4n) is 0. The molecule has 0 N–H and O–H groups in total. The summed E-state index contributed by atoms with van der Waals surface area (Å²) >= 11 is 0. The minimum Gasteiger partial charge on any atom is -0.357 e. The molecule has 1 nitrogen and oxygen atoms in total. The third kappa shape index (κ3) is 4.39. The topological polar surface area (TPSA) is 3.24 Å². The molecular weight excluding hydrogens is 94.2 g/mol. The van der Waals surface area contributed by atoms with Gasteiger partial charge in [0.25, 0.3) is 0 Å². The molecule has 3 heteroatoms. The normalized spacial score (nSPS) is 12.0. The summed E-state index contributed by atoms with van der Waals surface area (Å²) in [5.41, 5.74) is 0. The first-order chi connectivity index (χ1) is 2.27. The summed E-state index contributed by atoms with van der Waals surface area (Å²) in [5.74, 6) is 0. The number of hydrogen-bond donors (Lipinski definition) is 0. The lowest BCUT2D eigenvalue weighted by Crippen LogP contribution is -2.14. The molecule has 0 aromatic heterocycles. The summed E-state index contributed by atoms with van der Waals surface area (Å²) in [6.07, 6.45) is 0. The first-order valence-electron chi connectivity index (χ1n) is 1.69. The zero-order chi connectivity index (χ0) is 4.28. The highest BCUT2D eigenvalue weighted by Crippen LogP contribution is 1.58. The van der Waals surface area contributed by atoms with E-state index in [1.54, 1.807) is 0 Å². The van der Waals surface area contributed by atoms with E-state index in [1.165, 1.54) is 0 Å². The molecule has 29 valence electrons. The van der Waals surface area contributed by atoms with Crippen LogP contribution in [0.25, 0.3) is 0 Å². The van der Waals surface area contributed by atoms with Crippen molar-refractivity contribution in [2.45, 2.75) is 6.55 Å². The van der Waals surface area contributed by atoms with Crippen molar-refractivity contribution < 1.29 is 0 Å². The van der Waals surface area contributed by atoms with Crippen LogP contribution in [-0.4, -0.2) is 31.4 Å². The van der Waals surface area contributed by atoms with Gasteiger partial charge in [-0.05, 0) is 7.05 Å².